The van der Waals surface area contributed by atoms with Crippen LogP contribution in [0.2, 0.25) is 0 Å². The Morgan fingerprint density at radius 1 is 1.25 bits per heavy atom. The molecule has 1 N–H and O–H groups in total. The van der Waals surface area contributed by atoms with Crippen molar-refractivity contribution in [2.24, 2.45) is 11.8 Å². The summed E-state index contributed by atoms with van der Waals surface area (Å²) in [6, 6.07) is 0. The van der Waals surface area contributed by atoms with Crippen LogP contribution in [0.3, 0.4) is 0 Å². The molecule has 0 heterocycles. The van der Waals surface area contributed by atoms with Crippen molar-refractivity contribution in [3.8, 4) is 0 Å². The average Bonchev–Trinajstić information content (AvgIpc) is 2.15. The SMILES string of the molecule is C=C(C)CN(CC)CC(C)CNCC(C)C. The molecule has 0 aliphatic rings. The predicted octanol–water partition coefficient (Wildman–Crippen LogP) is 2.77. The molecular weight excluding hydrogens is 196 g/mol. The zero-order chi connectivity index (χ0) is 12.6. The van der Waals surface area contributed by atoms with Gasteiger partial charge in [0.25, 0.3) is 0 Å². The number of hydrogen-bond donors (Lipinski definition) is 1. The van der Waals surface area contributed by atoms with Gasteiger partial charge in [0.2, 0.25) is 0 Å². The second-order valence-electron chi connectivity index (χ2n) is 5.44. The fourth-order valence-electron chi connectivity index (χ4n) is 1.81. The van der Waals surface area contributed by atoms with E-state index in [0.717, 1.165) is 38.6 Å². The van der Waals surface area contributed by atoms with Gasteiger partial charge in [0, 0.05) is 13.1 Å². The van der Waals surface area contributed by atoms with Gasteiger partial charge in [-0.2, -0.15) is 0 Å². The summed E-state index contributed by atoms with van der Waals surface area (Å²) in [6.45, 7) is 20.7. The van der Waals surface area contributed by atoms with Crippen molar-refractivity contribution in [2.45, 2.75) is 34.6 Å². The van der Waals surface area contributed by atoms with Gasteiger partial charge in [-0.15, -0.1) is 0 Å². The second-order valence-corrected chi connectivity index (χ2v) is 5.44. The zero-order valence-corrected chi connectivity index (χ0v) is 11.8. The molecule has 0 fully saturated rings. The van der Waals surface area contributed by atoms with E-state index >= 15 is 0 Å². The van der Waals surface area contributed by atoms with Crippen LogP contribution in [0.15, 0.2) is 12.2 Å². The average molecular weight is 226 g/mol. The molecule has 1 atom stereocenters. The van der Waals surface area contributed by atoms with Crippen molar-refractivity contribution in [1.82, 2.24) is 10.2 Å². The van der Waals surface area contributed by atoms with Gasteiger partial charge in [-0.1, -0.05) is 39.8 Å². The molecule has 0 aromatic carbocycles. The highest BCUT2D eigenvalue weighted by molar-refractivity contribution is 4.91. The lowest BCUT2D eigenvalue weighted by Gasteiger charge is -2.24. The highest BCUT2D eigenvalue weighted by Gasteiger charge is 2.08. The Balaban J connectivity index is 3.73. The lowest BCUT2D eigenvalue weighted by Crippen LogP contribution is -2.35. The Bertz CT molecular complexity index is 187. The molecule has 2 heteroatoms. The molecule has 0 rings (SSSR count). The van der Waals surface area contributed by atoms with E-state index in [1.165, 1.54) is 5.57 Å². The lowest BCUT2D eigenvalue weighted by molar-refractivity contribution is 0.262. The largest absolute Gasteiger partial charge is 0.316 e. The maximum atomic E-state index is 3.98. The van der Waals surface area contributed by atoms with E-state index in [4.69, 9.17) is 0 Å². The standard InChI is InChI=1S/C14H30N2/c1-7-16(10-13(4)5)11-14(6)9-15-8-12(2)3/h12,14-15H,4,7-11H2,1-3,5-6H3. The van der Waals surface area contributed by atoms with E-state index in [2.05, 4.69) is 51.4 Å². The molecule has 0 aliphatic carbocycles. The number of nitrogens with zero attached hydrogens (tertiary/aromatic N) is 1. The molecule has 2 nitrogen and oxygen atoms in total. The van der Waals surface area contributed by atoms with Crippen molar-refractivity contribution in [2.75, 3.05) is 32.7 Å². The molecule has 1 unspecified atom stereocenters. The Hall–Kier alpha value is -0.340. The summed E-state index contributed by atoms with van der Waals surface area (Å²) < 4.78 is 0. The van der Waals surface area contributed by atoms with Crippen LogP contribution in [-0.2, 0) is 0 Å². The van der Waals surface area contributed by atoms with E-state index in [9.17, 15) is 0 Å². The molecule has 96 valence electrons. The van der Waals surface area contributed by atoms with Crippen molar-refractivity contribution in [3.63, 3.8) is 0 Å². The Kier molecular flexibility index (Phi) is 8.58. The first-order valence-corrected chi connectivity index (χ1v) is 6.53. The molecule has 0 spiro atoms. The van der Waals surface area contributed by atoms with Gasteiger partial charge in [0.15, 0.2) is 0 Å². The molecule has 0 aromatic heterocycles. The van der Waals surface area contributed by atoms with Crippen LogP contribution in [0.5, 0.6) is 0 Å². The highest BCUT2D eigenvalue weighted by Crippen LogP contribution is 2.02. The van der Waals surface area contributed by atoms with Gasteiger partial charge >= 0.3 is 0 Å². The first kappa shape index (κ1) is 15.7. The zero-order valence-electron chi connectivity index (χ0n) is 11.8. The molecule has 0 radical (unpaired) electrons. The molecule has 0 aromatic rings. The maximum absolute atomic E-state index is 3.98. The molecule has 0 bridgehead atoms. The third-order valence-electron chi connectivity index (χ3n) is 2.56. The summed E-state index contributed by atoms with van der Waals surface area (Å²) >= 11 is 0. The first-order chi connectivity index (χ1) is 7.45. The van der Waals surface area contributed by atoms with Crippen LogP contribution >= 0.6 is 0 Å². The third-order valence-corrected chi connectivity index (χ3v) is 2.56. The summed E-state index contributed by atoms with van der Waals surface area (Å²) in [5, 5.41) is 3.52. The van der Waals surface area contributed by atoms with E-state index in [-0.39, 0.29) is 0 Å². The number of rotatable bonds is 9. The van der Waals surface area contributed by atoms with E-state index in [1.807, 2.05) is 0 Å². The van der Waals surface area contributed by atoms with Crippen LogP contribution < -0.4 is 5.32 Å². The topological polar surface area (TPSA) is 15.3 Å². The molecule has 16 heavy (non-hydrogen) atoms. The van der Waals surface area contributed by atoms with Gasteiger partial charge < -0.3 is 5.32 Å². The second kappa shape index (κ2) is 8.77. The van der Waals surface area contributed by atoms with E-state index in [1.54, 1.807) is 0 Å². The van der Waals surface area contributed by atoms with Gasteiger partial charge in [-0.3, -0.25) is 4.90 Å². The number of hydrogen-bond acceptors (Lipinski definition) is 2. The van der Waals surface area contributed by atoms with E-state index in [0.29, 0.717) is 5.92 Å². The van der Waals surface area contributed by atoms with Crippen molar-refractivity contribution >= 4 is 0 Å². The Morgan fingerprint density at radius 3 is 2.31 bits per heavy atom. The van der Waals surface area contributed by atoms with Gasteiger partial charge in [0.1, 0.15) is 0 Å². The summed E-state index contributed by atoms with van der Waals surface area (Å²) in [5.74, 6) is 1.45. The van der Waals surface area contributed by atoms with Crippen LogP contribution in [-0.4, -0.2) is 37.6 Å². The van der Waals surface area contributed by atoms with Crippen molar-refractivity contribution < 1.29 is 0 Å². The summed E-state index contributed by atoms with van der Waals surface area (Å²) in [7, 11) is 0. The third kappa shape index (κ3) is 8.93. The minimum atomic E-state index is 0.707. The van der Waals surface area contributed by atoms with Crippen molar-refractivity contribution in [1.29, 1.82) is 0 Å². The van der Waals surface area contributed by atoms with Crippen LogP contribution in [0.1, 0.15) is 34.6 Å². The minimum Gasteiger partial charge on any atom is -0.316 e. The number of likely N-dealkylation sites (N-methyl/N-ethyl adjacent to an activating group) is 1. The molecule has 0 saturated heterocycles. The fraction of sp³-hybridized carbons (Fsp3) is 0.857. The predicted molar refractivity (Wildman–Crippen MR) is 73.8 cm³/mol. The van der Waals surface area contributed by atoms with Crippen molar-refractivity contribution in [3.05, 3.63) is 12.2 Å². The quantitative estimate of drug-likeness (QED) is 0.608. The summed E-state index contributed by atoms with van der Waals surface area (Å²) in [5.41, 5.74) is 1.25. The highest BCUT2D eigenvalue weighted by atomic mass is 15.1. The molecule has 0 aliphatic heterocycles. The Morgan fingerprint density at radius 2 is 1.88 bits per heavy atom. The normalized spacial score (nSPS) is 13.4. The van der Waals surface area contributed by atoms with Gasteiger partial charge in [0.05, 0.1) is 0 Å². The summed E-state index contributed by atoms with van der Waals surface area (Å²) in [4.78, 5) is 2.46. The van der Waals surface area contributed by atoms with E-state index < -0.39 is 0 Å². The number of nitrogens with one attached hydrogen (secondary N) is 1. The van der Waals surface area contributed by atoms with Gasteiger partial charge in [-0.25, -0.2) is 0 Å². The molecule has 0 amide bonds. The van der Waals surface area contributed by atoms with Gasteiger partial charge in [-0.05, 0) is 38.4 Å². The molecule has 0 saturated carbocycles. The maximum Gasteiger partial charge on any atom is 0.0187 e. The van der Waals surface area contributed by atoms with Crippen LogP contribution in [0.4, 0.5) is 0 Å². The fourth-order valence-corrected chi connectivity index (χ4v) is 1.81. The monoisotopic (exact) mass is 226 g/mol. The van der Waals surface area contributed by atoms with Crippen LogP contribution in [0, 0.1) is 11.8 Å². The smallest absolute Gasteiger partial charge is 0.0187 e. The van der Waals surface area contributed by atoms with Crippen LogP contribution in [0.25, 0.3) is 0 Å². The lowest BCUT2D eigenvalue weighted by atomic mass is 10.1. The Labute approximate surface area is 102 Å². The molecular formula is C14H30N2. The minimum absolute atomic E-state index is 0.707. The summed E-state index contributed by atoms with van der Waals surface area (Å²) in [6.07, 6.45) is 0. The first-order valence-electron chi connectivity index (χ1n) is 6.53.